The van der Waals surface area contributed by atoms with Crippen molar-refractivity contribution >= 4 is 27.5 Å². The van der Waals surface area contributed by atoms with Gasteiger partial charge in [0.05, 0.1) is 6.54 Å². The first kappa shape index (κ1) is 11.2. The van der Waals surface area contributed by atoms with Gasteiger partial charge in [0.2, 0.25) is 5.91 Å². The van der Waals surface area contributed by atoms with E-state index >= 15 is 0 Å². The maximum absolute atomic E-state index is 11.4. The van der Waals surface area contributed by atoms with E-state index in [1.807, 2.05) is 43.3 Å². The van der Waals surface area contributed by atoms with E-state index < -0.39 is 0 Å². The van der Waals surface area contributed by atoms with Crippen LogP contribution in [0.3, 0.4) is 0 Å². The summed E-state index contributed by atoms with van der Waals surface area (Å²) in [6.07, 6.45) is 0. The fraction of sp³-hybridized carbons (Fsp3) is 0.300. The second kappa shape index (κ2) is 5.12. The first-order valence-electron chi connectivity index (χ1n) is 4.28. The molecule has 4 heteroatoms. The van der Waals surface area contributed by atoms with E-state index in [2.05, 4.69) is 21.2 Å². The van der Waals surface area contributed by atoms with Crippen molar-refractivity contribution in [1.82, 2.24) is 4.90 Å². The smallest absolute Gasteiger partial charge is 0.238 e. The molecule has 1 rings (SSSR count). The lowest BCUT2D eigenvalue weighted by Crippen LogP contribution is -2.27. The van der Waals surface area contributed by atoms with E-state index in [-0.39, 0.29) is 5.91 Å². The summed E-state index contributed by atoms with van der Waals surface area (Å²) in [7, 11) is 3.72. The lowest BCUT2D eigenvalue weighted by atomic mass is 10.3. The summed E-state index contributed by atoms with van der Waals surface area (Å²) < 4.78 is 0.958. The number of anilines is 1. The minimum absolute atomic E-state index is 0.00639. The first-order valence-corrected chi connectivity index (χ1v) is 5.07. The van der Waals surface area contributed by atoms with Crippen LogP contribution in [0.5, 0.6) is 0 Å². The summed E-state index contributed by atoms with van der Waals surface area (Å²) in [5, 5.41) is 2.80. The van der Waals surface area contributed by atoms with Gasteiger partial charge in [-0.05, 0) is 32.3 Å². The summed E-state index contributed by atoms with van der Waals surface area (Å²) in [4.78, 5) is 13.2. The van der Waals surface area contributed by atoms with Crippen molar-refractivity contribution in [2.45, 2.75) is 0 Å². The molecule has 0 aromatic heterocycles. The van der Waals surface area contributed by atoms with Gasteiger partial charge >= 0.3 is 0 Å². The summed E-state index contributed by atoms with van der Waals surface area (Å²) in [6.45, 7) is 0.395. The summed E-state index contributed by atoms with van der Waals surface area (Å²) in [5.74, 6) is -0.00639. The van der Waals surface area contributed by atoms with E-state index in [1.165, 1.54) is 0 Å². The van der Waals surface area contributed by atoms with Gasteiger partial charge in [0, 0.05) is 10.2 Å². The van der Waals surface area contributed by atoms with Crippen LogP contribution in [0.1, 0.15) is 0 Å². The molecule has 1 aromatic rings. The molecule has 0 aliphatic heterocycles. The summed E-state index contributed by atoms with van der Waals surface area (Å²) in [6, 6.07) is 7.53. The van der Waals surface area contributed by atoms with E-state index in [1.54, 1.807) is 0 Å². The molecule has 0 aliphatic rings. The number of nitrogens with zero attached hydrogens (tertiary/aromatic N) is 1. The van der Waals surface area contributed by atoms with Crippen LogP contribution in [-0.4, -0.2) is 31.4 Å². The highest BCUT2D eigenvalue weighted by molar-refractivity contribution is 9.10. The van der Waals surface area contributed by atoms with Gasteiger partial charge < -0.3 is 10.2 Å². The minimum atomic E-state index is -0.00639. The van der Waals surface area contributed by atoms with Gasteiger partial charge in [0.1, 0.15) is 0 Å². The van der Waals surface area contributed by atoms with Gasteiger partial charge in [-0.25, -0.2) is 0 Å². The average molecular weight is 257 g/mol. The Morgan fingerprint density at radius 1 is 1.50 bits per heavy atom. The van der Waals surface area contributed by atoms with E-state index in [9.17, 15) is 4.79 Å². The molecular weight excluding hydrogens is 244 g/mol. The van der Waals surface area contributed by atoms with Crippen molar-refractivity contribution in [3.63, 3.8) is 0 Å². The number of benzene rings is 1. The minimum Gasteiger partial charge on any atom is -0.325 e. The molecule has 76 valence electrons. The van der Waals surface area contributed by atoms with Crippen LogP contribution < -0.4 is 5.32 Å². The second-order valence-corrected chi connectivity index (χ2v) is 4.21. The zero-order valence-electron chi connectivity index (χ0n) is 8.25. The lowest BCUT2D eigenvalue weighted by molar-refractivity contribution is -0.116. The molecular formula is C10H13BrN2O. The predicted molar refractivity (Wildman–Crippen MR) is 61.3 cm³/mol. The SMILES string of the molecule is CN(C)CC(=O)Nc1cccc(Br)c1. The normalized spacial score (nSPS) is 10.3. The zero-order valence-corrected chi connectivity index (χ0v) is 9.84. The van der Waals surface area contributed by atoms with Crippen LogP contribution in [-0.2, 0) is 4.79 Å². The second-order valence-electron chi connectivity index (χ2n) is 3.30. The molecule has 0 atom stereocenters. The standard InChI is InChI=1S/C10H13BrN2O/c1-13(2)7-10(14)12-9-5-3-4-8(11)6-9/h3-6H,7H2,1-2H3,(H,12,14). The highest BCUT2D eigenvalue weighted by atomic mass is 79.9. The largest absolute Gasteiger partial charge is 0.325 e. The number of rotatable bonds is 3. The molecule has 1 aromatic carbocycles. The van der Waals surface area contributed by atoms with Crippen LogP contribution in [0, 0.1) is 0 Å². The van der Waals surface area contributed by atoms with Gasteiger partial charge in [-0.2, -0.15) is 0 Å². The molecule has 1 N–H and O–H groups in total. The average Bonchev–Trinajstić information content (AvgIpc) is 2.01. The third kappa shape index (κ3) is 3.89. The molecule has 3 nitrogen and oxygen atoms in total. The number of likely N-dealkylation sites (N-methyl/N-ethyl adjacent to an activating group) is 1. The van der Waals surface area contributed by atoms with Gasteiger partial charge in [-0.1, -0.05) is 22.0 Å². The first-order chi connectivity index (χ1) is 6.58. The van der Waals surface area contributed by atoms with Crippen LogP contribution in [0.15, 0.2) is 28.7 Å². The molecule has 0 radical (unpaired) electrons. The quantitative estimate of drug-likeness (QED) is 0.897. The van der Waals surface area contributed by atoms with Crippen LogP contribution in [0.25, 0.3) is 0 Å². The maximum Gasteiger partial charge on any atom is 0.238 e. The van der Waals surface area contributed by atoms with Gasteiger partial charge in [0.25, 0.3) is 0 Å². The maximum atomic E-state index is 11.4. The summed E-state index contributed by atoms with van der Waals surface area (Å²) >= 11 is 3.34. The Balaban J connectivity index is 2.56. The number of nitrogens with one attached hydrogen (secondary N) is 1. The van der Waals surface area contributed by atoms with Crippen molar-refractivity contribution in [1.29, 1.82) is 0 Å². The molecule has 0 fully saturated rings. The molecule has 0 saturated carbocycles. The molecule has 0 spiro atoms. The van der Waals surface area contributed by atoms with E-state index in [0.29, 0.717) is 6.54 Å². The number of amides is 1. The van der Waals surface area contributed by atoms with Gasteiger partial charge in [0.15, 0.2) is 0 Å². The van der Waals surface area contributed by atoms with E-state index in [4.69, 9.17) is 0 Å². The molecule has 0 heterocycles. The number of hydrogen-bond acceptors (Lipinski definition) is 2. The number of hydrogen-bond donors (Lipinski definition) is 1. The lowest BCUT2D eigenvalue weighted by Gasteiger charge is -2.09. The van der Waals surface area contributed by atoms with Gasteiger partial charge in [-0.15, -0.1) is 0 Å². The molecule has 1 amide bonds. The van der Waals surface area contributed by atoms with E-state index in [0.717, 1.165) is 10.2 Å². The Morgan fingerprint density at radius 3 is 2.79 bits per heavy atom. The highest BCUT2D eigenvalue weighted by Gasteiger charge is 2.03. The zero-order chi connectivity index (χ0) is 10.6. The molecule has 0 unspecified atom stereocenters. The van der Waals surface area contributed by atoms with Crippen LogP contribution in [0.4, 0.5) is 5.69 Å². The molecule has 0 bridgehead atoms. The monoisotopic (exact) mass is 256 g/mol. The highest BCUT2D eigenvalue weighted by Crippen LogP contribution is 2.15. The van der Waals surface area contributed by atoms with Crippen molar-refractivity contribution < 1.29 is 4.79 Å². The van der Waals surface area contributed by atoms with Crippen LogP contribution >= 0.6 is 15.9 Å². The Morgan fingerprint density at radius 2 is 2.21 bits per heavy atom. The number of halogens is 1. The Bertz CT molecular complexity index is 326. The Hall–Kier alpha value is -0.870. The summed E-state index contributed by atoms with van der Waals surface area (Å²) in [5.41, 5.74) is 0.811. The van der Waals surface area contributed by atoms with Crippen molar-refractivity contribution in [2.24, 2.45) is 0 Å². The number of carbonyl (C=O) groups excluding carboxylic acids is 1. The fourth-order valence-electron chi connectivity index (χ4n) is 1.05. The third-order valence-electron chi connectivity index (χ3n) is 1.57. The van der Waals surface area contributed by atoms with Gasteiger partial charge in [-0.3, -0.25) is 4.79 Å². The molecule has 14 heavy (non-hydrogen) atoms. The Labute approximate surface area is 92.2 Å². The van der Waals surface area contributed by atoms with Crippen molar-refractivity contribution in [3.8, 4) is 0 Å². The fourth-order valence-corrected chi connectivity index (χ4v) is 1.45. The predicted octanol–water partition coefficient (Wildman–Crippen LogP) is 1.95. The molecule has 0 aliphatic carbocycles. The topological polar surface area (TPSA) is 32.3 Å². The molecule has 0 saturated heterocycles. The Kier molecular flexibility index (Phi) is 4.10. The van der Waals surface area contributed by atoms with Crippen molar-refractivity contribution in [2.75, 3.05) is 26.0 Å². The van der Waals surface area contributed by atoms with Crippen molar-refractivity contribution in [3.05, 3.63) is 28.7 Å². The number of carbonyl (C=O) groups is 1. The third-order valence-corrected chi connectivity index (χ3v) is 2.06. The van der Waals surface area contributed by atoms with Crippen LogP contribution in [0.2, 0.25) is 0 Å².